The largest absolute Gasteiger partial charge is 0.444 e. The molecule has 26 heavy (non-hydrogen) atoms. The number of benzene rings is 1. The highest BCUT2D eigenvalue weighted by atomic mass is 35.7. The number of halogens is 1. The van der Waals surface area contributed by atoms with Crippen LogP contribution in [0, 0.1) is 0 Å². The number of rotatable bonds is 3. The third-order valence-corrected chi connectivity index (χ3v) is 3.90. The van der Waals surface area contributed by atoms with Crippen LogP contribution in [0.5, 0.6) is 0 Å². The highest BCUT2D eigenvalue weighted by molar-refractivity contribution is 8.13. The molecule has 0 aliphatic heterocycles. The number of carbonyl (C=O) groups excluding carboxylic acids is 2. The Bertz CT molecular complexity index is 794. The summed E-state index contributed by atoms with van der Waals surface area (Å²) in [6, 6.07) is 3.58. The van der Waals surface area contributed by atoms with Gasteiger partial charge in [-0.25, -0.2) is 18.0 Å². The van der Waals surface area contributed by atoms with Gasteiger partial charge in [0.15, 0.2) is 0 Å². The number of hydrogen-bond donors (Lipinski definition) is 2. The van der Waals surface area contributed by atoms with Gasteiger partial charge in [-0.3, -0.25) is 10.6 Å². The van der Waals surface area contributed by atoms with Crippen LogP contribution in [0.2, 0.25) is 0 Å². The smallest absolute Gasteiger partial charge is 0.412 e. The second kappa shape index (κ2) is 7.71. The van der Waals surface area contributed by atoms with Crippen LogP contribution in [-0.4, -0.2) is 31.8 Å². The molecule has 0 radical (unpaired) electrons. The summed E-state index contributed by atoms with van der Waals surface area (Å²) in [6.45, 7) is 10.1. The van der Waals surface area contributed by atoms with Gasteiger partial charge in [0.05, 0.1) is 16.3 Å². The molecule has 0 bridgehead atoms. The van der Waals surface area contributed by atoms with Crippen LogP contribution < -0.4 is 10.6 Å². The van der Waals surface area contributed by atoms with Crippen molar-refractivity contribution in [1.29, 1.82) is 0 Å². The molecule has 0 aliphatic rings. The molecule has 1 aromatic carbocycles. The van der Waals surface area contributed by atoms with Crippen LogP contribution in [0.4, 0.5) is 21.0 Å². The average Bonchev–Trinajstić information content (AvgIpc) is 2.34. The maximum Gasteiger partial charge on any atom is 0.412 e. The minimum Gasteiger partial charge on any atom is -0.444 e. The molecule has 0 heterocycles. The summed E-state index contributed by atoms with van der Waals surface area (Å²) in [5.41, 5.74) is -1.39. The molecule has 0 fully saturated rings. The summed E-state index contributed by atoms with van der Waals surface area (Å²) < 4.78 is 33.3. The van der Waals surface area contributed by atoms with Gasteiger partial charge in [0.25, 0.3) is 9.05 Å². The molecule has 0 spiro atoms. The summed E-state index contributed by atoms with van der Waals surface area (Å²) in [5.74, 6) is 0. The minimum absolute atomic E-state index is 0.00756. The lowest BCUT2D eigenvalue weighted by Crippen LogP contribution is -2.29. The standard InChI is InChI=1S/C16H23ClN2O6S/c1-15(2,3)24-13(20)18-11-8-7-10(26(17,22)23)9-12(11)19-14(21)25-16(4,5)6/h7-9H,1-6H3,(H,18,20)(H,19,21). The summed E-state index contributed by atoms with van der Waals surface area (Å²) in [6.07, 6.45) is -1.60. The second-order valence-electron chi connectivity index (χ2n) is 7.40. The predicted octanol–water partition coefficient (Wildman–Crippen LogP) is 4.31. The maximum atomic E-state index is 12.0. The molecule has 2 N–H and O–H groups in total. The molecule has 0 aromatic heterocycles. The first-order valence-corrected chi connectivity index (χ1v) is 9.96. The fraction of sp³-hybridized carbons (Fsp3) is 0.500. The van der Waals surface area contributed by atoms with E-state index in [9.17, 15) is 18.0 Å². The third-order valence-electron chi connectivity index (χ3n) is 2.54. The first-order valence-electron chi connectivity index (χ1n) is 7.65. The van der Waals surface area contributed by atoms with Crippen molar-refractivity contribution in [1.82, 2.24) is 0 Å². The Morgan fingerprint density at radius 3 is 1.69 bits per heavy atom. The van der Waals surface area contributed by atoms with Gasteiger partial charge in [-0.15, -0.1) is 0 Å². The van der Waals surface area contributed by atoms with E-state index in [1.165, 1.54) is 12.1 Å². The fourth-order valence-corrected chi connectivity index (χ4v) is 2.49. The van der Waals surface area contributed by atoms with Crippen LogP contribution in [0.15, 0.2) is 23.1 Å². The maximum absolute atomic E-state index is 12.0. The van der Waals surface area contributed by atoms with Gasteiger partial charge in [-0.05, 0) is 59.7 Å². The Morgan fingerprint density at radius 2 is 1.31 bits per heavy atom. The van der Waals surface area contributed by atoms with E-state index in [2.05, 4.69) is 10.6 Å². The molecule has 8 nitrogen and oxygen atoms in total. The summed E-state index contributed by atoms with van der Waals surface area (Å²) in [4.78, 5) is 23.7. The van der Waals surface area contributed by atoms with Crippen molar-refractivity contribution >= 4 is 43.3 Å². The van der Waals surface area contributed by atoms with E-state index >= 15 is 0 Å². The molecule has 0 atom stereocenters. The van der Waals surface area contributed by atoms with Crippen LogP contribution >= 0.6 is 10.7 Å². The molecule has 0 aliphatic carbocycles. The molecule has 10 heteroatoms. The Balaban J connectivity index is 3.16. The van der Waals surface area contributed by atoms with E-state index in [0.717, 1.165) is 6.07 Å². The molecule has 146 valence electrons. The van der Waals surface area contributed by atoms with Gasteiger partial charge in [0.2, 0.25) is 0 Å². The van der Waals surface area contributed by atoms with E-state index in [4.69, 9.17) is 20.2 Å². The predicted molar refractivity (Wildman–Crippen MR) is 99.2 cm³/mol. The monoisotopic (exact) mass is 406 g/mol. The number of anilines is 2. The first kappa shape index (κ1) is 22.0. The molecule has 0 saturated carbocycles. The normalized spacial score (nSPS) is 12.3. The number of amides is 2. The number of carbonyl (C=O) groups is 2. The zero-order valence-corrected chi connectivity index (χ0v) is 17.0. The summed E-state index contributed by atoms with van der Waals surface area (Å²) >= 11 is 0. The van der Waals surface area contributed by atoms with Crippen LogP contribution in [0.3, 0.4) is 0 Å². The first-order chi connectivity index (χ1) is 11.6. The highest BCUT2D eigenvalue weighted by Gasteiger charge is 2.21. The minimum atomic E-state index is -4.03. The van der Waals surface area contributed by atoms with Gasteiger partial charge in [0, 0.05) is 10.7 Å². The molecular weight excluding hydrogens is 384 g/mol. The molecular formula is C16H23ClN2O6S. The molecule has 2 amide bonds. The second-order valence-corrected chi connectivity index (χ2v) is 9.96. The Kier molecular flexibility index (Phi) is 6.54. The van der Waals surface area contributed by atoms with Crippen molar-refractivity contribution in [3.05, 3.63) is 18.2 Å². The molecule has 0 saturated heterocycles. The zero-order valence-electron chi connectivity index (χ0n) is 15.5. The van der Waals surface area contributed by atoms with E-state index in [-0.39, 0.29) is 16.3 Å². The third kappa shape index (κ3) is 7.92. The lowest BCUT2D eigenvalue weighted by Gasteiger charge is -2.22. The van der Waals surface area contributed by atoms with Crippen molar-refractivity contribution in [3.8, 4) is 0 Å². The van der Waals surface area contributed by atoms with Crippen molar-refractivity contribution < 1.29 is 27.5 Å². The van der Waals surface area contributed by atoms with Crippen LogP contribution in [0.1, 0.15) is 41.5 Å². The van der Waals surface area contributed by atoms with E-state index in [0.29, 0.717) is 0 Å². The van der Waals surface area contributed by atoms with Crippen molar-refractivity contribution in [2.45, 2.75) is 57.6 Å². The molecule has 1 aromatic rings. The van der Waals surface area contributed by atoms with Crippen molar-refractivity contribution in [2.75, 3.05) is 10.6 Å². The van der Waals surface area contributed by atoms with Gasteiger partial charge < -0.3 is 9.47 Å². The van der Waals surface area contributed by atoms with Gasteiger partial charge >= 0.3 is 12.2 Å². The highest BCUT2D eigenvalue weighted by Crippen LogP contribution is 2.28. The van der Waals surface area contributed by atoms with E-state index in [1.54, 1.807) is 41.5 Å². The van der Waals surface area contributed by atoms with Crippen LogP contribution in [-0.2, 0) is 18.5 Å². The number of hydrogen-bond acceptors (Lipinski definition) is 6. The van der Waals surface area contributed by atoms with Crippen LogP contribution in [0.25, 0.3) is 0 Å². The van der Waals surface area contributed by atoms with Gasteiger partial charge in [-0.1, -0.05) is 0 Å². The lowest BCUT2D eigenvalue weighted by atomic mass is 10.2. The van der Waals surface area contributed by atoms with Crippen molar-refractivity contribution in [3.63, 3.8) is 0 Å². The topological polar surface area (TPSA) is 111 Å². The Morgan fingerprint density at radius 1 is 0.885 bits per heavy atom. The van der Waals surface area contributed by atoms with E-state index in [1.807, 2.05) is 0 Å². The zero-order chi connectivity index (χ0) is 20.3. The van der Waals surface area contributed by atoms with E-state index < -0.39 is 32.4 Å². The molecule has 0 unspecified atom stereocenters. The van der Waals surface area contributed by atoms with Crippen molar-refractivity contribution in [2.24, 2.45) is 0 Å². The number of ether oxygens (including phenoxy) is 2. The summed E-state index contributed by atoms with van der Waals surface area (Å²) in [7, 11) is 1.30. The number of nitrogens with one attached hydrogen (secondary N) is 2. The SMILES string of the molecule is CC(C)(C)OC(=O)Nc1ccc(S(=O)(=O)Cl)cc1NC(=O)OC(C)(C)C. The Labute approximate surface area is 157 Å². The fourth-order valence-electron chi connectivity index (χ4n) is 1.71. The van der Waals surface area contributed by atoms with Gasteiger partial charge in [-0.2, -0.15) is 0 Å². The summed E-state index contributed by atoms with van der Waals surface area (Å²) in [5, 5.41) is 4.84. The van der Waals surface area contributed by atoms with Gasteiger partial charge in [0.1, 0.15) is 11.2 Å². The quantitative estimate of drug-likeness (QED) is 0.723. The Hall–Kier alpha value is -2.00. The lowest BCUT2D eigenvalue weighted by molar-refractivity contribution is 0.0620. The molecule has 1 rings (SSSR count). The average molecular weight is 407 g/mol.